The molecule has 0 aliphatic heterocycles. The number of carbonyl (C=O) groups excluding carboxylic acids is 1. The molecule has 0 unspecified atom stereocenters. The molecule has 186 valence electrons. The van der Waals surface area contributed by atoms with Gasteiger partial charge in [0.2, 0.25) is 5.91 Å². The Balaban J connectivity index is 1.81. The number of benzene rings is 3. The molecule has 0 saturated heterocycles. The summed E-state index contributed by atoms with van der Waals surface area (Å²) in [5.41, 5.74) is 7.73. The Morgan fingerprint density at radius 2 is 1.69 bits per heavy atom. The van der Waals surface area contributed by atoms with Crippen molar-refractivity contribution < 1.29 is 23.4 Å². The van der Waals surface area contributed by atoms with Crippen LogP contribution in [0, 0.1) is 20.8 Å². The van der Waals surface area contributed by atoms with E-state index in [2.05, 4.69) is 5.32 Å². The van der Waals surface area contributed by atoms with Crippen LogP contribution in [-0.2, 0) is 4.79 Å². The van der Waals surface area contributed by atoms with E-state index >= 15 is 0 Å². The van der Waals surface area contributed by atoms with E-state index in [9.17, 15) is 4.79 Å². The second-order valence-electron chi connectivity index (χ2n) is 8.81. The van der Waals surface area contributed by atoms with Crippen LogP contribution in [0.3, 0.4) is 0 Å². The molecule has 4 rings (SSSR count). The molecule has 6 heteroatoms. The Morgan fingerprint density at radius 1 is 0.917 bits per heavy atom. The minimum Gasteiger partial charge on any atom is -0.497 e. The van der Waals surface area contributed by atoms with Gasteiger partial charge in [-0.1, -0.05) is 12.1 Å². The standard InChI is InChI=1S/C30H31NO5/c1-17-8-9-18(2)26(12-17)31-28(32)13-19(3)22-15-24-25(16-36-30(24)20(4)29(22)35-7)23-14-21(33-5)10-11-27(23)34-6/h8-16H,1-7H3,(H,31,32)/b19-13+. The summed E-state index contributed by atoms with van der Waals surface area (Å²) < 4.78 is 22.8. The third kappa shape index (κ3) is 4.67. The number of rotatable bonds is 7. The van der Waals surface area contributed by atoms with Crippen LogP contribution < -0.4 is 19.5 Å². The van der Waals surface area contributed by atoms with E-state index in [1.54, 1.807) is 33.7 Å². The number of nitrogens with one attached hydrogen (secondary N) is 1. The van der Waals surface area contributed by atoms with Gasteiger partial charge in [0.15, 0.2) is 0 Å². The number of ether oxygens (including phenoxy) is 3. The molecule has 0 aliphatic rings. The molecule has 1 heterocycles. The summed E-state index contributed by atoms with van der Waals surface area (Å²) >= 11 is 0. The second kappa shape index (κ2) is 10.2. The molecule has 0 bridgehead atoms. The third-order valence-electron chi connectivity index (χ3n) is 6.37. The first-order valence-corrected chi connectivity index (χ1v) is 11.7. The van der Waals surface area contributed by atoms with E-state index in [4.69, 9.17) is 18.6 Å². The van der Waals surface area contributed by atoms with Gasteiger partial charge in [0.25, 0.3) is 0 Å². The summed E-state index contributed by atoms with van der Waals surface area (Å²) in [5.74, 6) is 1.87. The van der Waals surface area contributed by atoms with Crippen LogP contribution in [0.2, 0.25) is 0 Å². The molecule has 0 aliphatic carbocycles. The zero-order valence-electron chi connectivity index (χ0n) is 21.7. The summed E-state index contributed by atoms with van der Waals surface area (Å²) in [6, 6.07) is 13.6. The van der Waals surface area contributed by atoms with E-state index in [-0.39, 0.29) is 5.91 Å². The zero-order chi connectivity index (χ0) is 26.0. The number of amides is 1. The van der Waals surface area contributed by atoms with Gasteiger partial charge in [-0.3, -0.25) is 4.79 Å². The fourth-order valence-electron chi connectivity index (χ4n) is 4.42. The number of hydrogen-bond donors (Lipinski definition) is 1. The Bertz CT molecular complexity index is 1480. The predicted molar refractivity (Wildman–Crippen MR) is 144 cm³/mol. The van der Waals surface area contributed by atoms with Crippen molar-refractivity contribution >= 4 is 28.1 Å². The van der Waals surface area contributed by atoms with Crippen molar-refractivity contribution in [1.29, 1.82) is 0 Å². The maximum Gasteiger partial charge on any atom is 0.248 e. The summed E-state index contributed by atoms with van der Waals surface area (Å²) in [6.45, 7) is 7.82. The van der Waals surface area contributed by atoms with Gasteiger partial charge < -0.3 is 23.9 Å². The van der Waals surface area contributed by atoms with Crippen LogP contribution in [0.4, 0.5) is 5.69 Å². The lowest BCUT2D eigenvalue weighted by atomic mass is 9.96. The predicted octanol–water partition coefficient (Wildman–Crippen LogP) is 7.09. The molecule has 1 N–H and O–H groups in total. The molecule has 36 heavy (non-hydrogen) atoms. The van der Waals surface area contributed by atoms with Gasteiger partial charge in [-0.15, -0.1) is 0 Å². The van der Waals surface area contributed by atoms with Crippen molar-refractivity contribution in [3.05, 3.63) is 77.1 Å². The number of aryl methyl sites for hydroxylation is 3. The minimum atomic E-state index is -0.206. The van der Waals surface area contributed by atoms with Crippen molar-refractivity contribution in [2.45, 2.75) is 27.7 Å². The molecule has 4 aromatic rings. The lowest BCUT2D eigenvalue weighted by Crippen LogP contribution is -2.10. The topological polar surface area (TPSA) is 69.9 Å². The zero-order valence-corrected chi connectivity index (χ0v) is 21.7. The van der Waals surface area contributed by atoms with Crippen molar-refractivity contribution in [3.63, 3.8) is 0 Å². The summed E-state index contributed by atoms with van der Waals surface area (Å²) in [6.07, 6.45) is 3.31. The van der Waals surface area contributed by atoms with E-state index in [0.717, 1.165) is 50.0 Å². The first-order valence-electron chi connectivity index (χ1n) is 11.7. The highest BCUT2D eigenvalue weighted by Gasteiger charge is 2.21. The highest BCUT2D eigenvalue weighted by Crippen LogP contribution is 2.43. The van der Waals surface area contributed by atoms with Crippen molar-refractivity contribution in [3.8, 4) is 28.4 Å². The minimum absolute atomic E-state index is 0.206. The van der Waals surface area contributed by atoms with E-state index in [0.29, 0.717) is 22.8 Å². The molecule has 0 spiro atoms. The van der Waals surface area contributed by atoms with Gasteiger partial charge in [0.1, 0.15) is 22.8 Å². The van der Waals surface area contributed by atoms with Gasteiger partial charge in [0, 0.05) is 39.4 Å². The monoisotopic (exact) mass is 485 g/mol. The van der Waals surface area contributed by atoms with Gasteiger partial charge in [-0.05, 0) is 74.7 Å². The number of fused-ring (bicyclic) bond motifs is 1. The van der Waals surface area contributed by atoms with Crippen LogP contribution >= 0.6 is 0 Å². The van der Waals surface area contributed by atoms with Crippen LogP contribution in [0.5, 0.6) is 17.2 Å². The average Bonchev–Trinajstić information content (AvgIpc) is 3.29. The van der Waals surface area contributed by atoms with E-state index in [1.165, 1.54) is 0 Å². The van der Waals surface area contributed by atoms with Gasteiger partial charge in [-0.2, -0.15) is 0 Å². The quantitative estimate of drug-likeness (QED) is 0.283. The van der Waals surface area contributed by atoms with Crippen LogP contribution in [0.15, 0.2) is 59.2 Å². The number of methoxy groups -OCH3 is 3. The Labute approximate surface area is 211 Å². The highest BCUT2D eigenvalue weighted by atomic mass is 16.5. The fourth-order valence-corrected chi connectivity index (χ4v) is 4.42. The van der Waals surface area contributed by atoms with E-state index in [1.807, 2.05) is 70.2 Å². The molecular weight excluding hydrogens is 454 g/mol. The van der Waals surface area contributed by atoms with Crippen molar-refractivity contribution in [1.82, 2.24) is 0 Å². The Morgan fingerprint density at radius 3 is 2.39 bits per heavy atom. The largest absolute Gasteiger partial charge is 0.497 e. The number of hydrogen-bond acceptors (Lipinski definition) is 5. The fraction of sp³-hybridized carbons (Fsp3) is 0.233. The average molecular weight is 486 g/mol. The lowest BCUT2D eigenvalue weighted by Gasteiger charge is -2.14. The Kier molecular flexibility index (Phi) is 7.06. The molecule has 0 fully saturated rings. The first-order chi connectivity index (χ1) is 17.3. The molecule has 1 amide bonds. The first kappa shape index (κ1) is 24.9. The molecular formula is C30H31NO5. The van der Waals surface area contributed by atoms with Gasteiger partial charge in [0.05, 0.1) is 27.6 Å². The lowest BCUT2D eigenvalue weighted by molar-refractivity contribution is -0.111. The molecule has 1 aromatic heterocycles. The number of anilines is 1. The summed E-state index contributed by atoms with van der Waals surface area (Å²) in [4.78, 5) is 12.9. The molecule has 3 aromatic carbocycles. The third-order valence-corrected chi connectivity index (χ3v) is 6.37. The van der Waals surface area contributed by atoms with Crippen LogP contribution in [0.25, 0.3) is 27.7 Å². The van der Waals surface area contributed by atoms with Crippen molar-refractivity contribution in [2.75, 3.05) is 26.6 Å². The summed E-state index contributed by atoms with van der Waals surface area (Å²) in [7, 11) is 4.88. The molecule has 0 atom stereocenters. The molecule has 6 nitrogen and oxygen atoms in total. The number of carbonyl (C=O) groups is 1. The van der Waals surface area contributed by atoms with E-state index < -0.39 is 0 Å². The summed E-state index contributed by atoms with van der Waals surface area (Å²) in [5, 5.41) is 3.88. The van der Waals surface area contributed by atoms with Crippen molar-refractivity contribution in [2.24, 2.45) is 0 Å². The smallest absolute Gasteiger partial charge is 0.248 e. The normalized spacial score (nSPS) is 11.5. The Hall–Kier alpha value is -4.19. The number of furan rings is 1. The van der Waals surface area contributed by atoms with Gasteiger partial charge >= 0.3 is 0 Å². The maximum absolute atomic E-state index is 12.9. The van der Waals surface area contributed by atoms with Gasteiger partial charge in [-0.25, -0.2) is 0 Å². The van der Waals surface area contributed by atoms with Crippen LogP contribution in [0.1, 0.15) is 29.2 Å². The molecule has 0 saturated carbocycles. The maximum atomic E-state index is 12.9. The SMILES string of the molecule is COc1ccc(OC)c(-c2coc3c(C)c(OC)c(/C(C)=C/C(=O)Nc4cc(C)ccc4C)cc23)c1. The number of allylic oxidation sites excluding steroid dienone is 1. The second-order valence-corrected chi connectivity index (χ2v) is 8.81. The molecule has 0 radical (unpaired) electrons. The highest BCUT2D eigenvalue weighted by molar-refractivity contribution is 6.06. The van der Waals surface area contributed by atoms with Crippen LogP contribution in [-0.4, -0.2) is 27.2 Å².